The molecule has 0 spiro atoms. The molecule has 0 radical (unpaired) electrons. The summed E-state index contributed by atoms with van der Waals surface area (Å²) < 4.78 is 1.08. The maximum absolute atomic E-state index is 4.43. The Kier molecular flexibility index (Phi) is 2.71. The second-order valence-corrected chi connectivity index (χ2v) is 5.02. The zero-order valence-corrected chi connectivity index (χ0v) is 11.0. The van der Waals surface area contributed by atoms with Crippen LogP contribution in [-0.2, 0) is 6.54 Å². The number of H-pyrrole nitrogens is 1. The largest absolute Gasteiger partial charge is 0.362 e. The van der Waals surface area contributed by atoms with E-state index in [0.29, 0.717) is 6.54 Å². The van der Waals surface area contributed by atoms with E-state index < -0.39 is 0 Å². The van der Waals surface area contributed by atoms with E-state index >= 15 is 0 Å². The molecular formula is C12H13N5S. The van der Waals surface area contributed by atoms with E-state index in [4.69, 9.17) is 0 Å². The molecule has 0 aliphatic carbocycles. The van der Waals surface area contributed by atoms with Crippen LogP contribution in [0.2, 0.25) is 0 Å². The minimum Gasteiger partial charge on any atom is -0.362 e. The summed E-state index contributed by atoms with van der Waals surface area (Å²) >= 11 is 1.64. The summed E-state index contributed by atoms with van der Waals surface area (Å²) in [5, 5.41) is 5.32. The summed E-state index contributed by atoms with van der Waals surface area (Å²) in [5.41, 5.74) is 3.12. The summed E-state index contributed by atoms with van der Waals surface area (Å²) in [4.78, 5) is 16.2. The number of fused-ring (bicyclic) bond motifs is 1. The van der Waals surface area contributed by atoms with Gasteiger partial charge in [0.15, 0.2) is 0 Å². The Balaban J connectivity index is 1.82. The van der Waals surface area contributed by atoms with Crippen molar-refractivity contribution in [3.05, 3.63) is 35.0 Å². The van der Waals surface area contributed by atoms with Crippen LogP contribution in [0.1, 0.15) is 17.2 Å². The van der Waals surface area contributed by atoms with Crippen molar-refractivity contribution in [2.45, 2.75) is 20.4 Å². The number of aromatic nitrogens is 4. The number of imidazole rings is 1. The summed E-state index contributed by atoms with van der Waals surface area (Å²) in [6, 6.07) is 1.99. The number of aryl methyl sites for hydroxylation is 2. The van der Waals surface area contributed by atoms with Gasteiger partial charge in [0, 0.05) is 5.69 Å². The Morgan fingerprint density at radius 3 is 3.00 bits per heavy atom. The summed E-state index contributed by atoms with van der Waals surface area (Å²) in [6.45, 7) is 4.66. The SMILES string of the molecule is Cc1nc(CNc2ncnc3ccsc23)[nH]c1C. The Morgan fingerprint density at radius 1 is 1.33 bits per heavy atom. The molecule has 0 aliphatic heterocycles. The first-order chi connectivity index (χ1) is 8.74. The van der Waals surface area contributed by atoms with Crippen molar-refractivity contribution in [2.24, 2.45) is 0 Å². The van der Waals surface area contributed by atoms with Crippen LogP contribution in [0, 0.1) is 13.8 Å². The van der Waals surface area contributed by atoms with Crippen LogP contribution < -0.4 is 5.32 Å². The lowest BCUT2D eigenvalue weighted by atomic mass is 10.4. The van der Waals surface area contributed by atoms with Gasteiger partial charge in [-0.1, -0.05) is 0 Å². The first-order valence-electron chi connectivity index (χ1n) is 5.68. The van der Waals surface area contributed by atoms with Crippen LogP contribution in [0.15, 0.2) is 17.8 Å². The predicted octanol–water partition coefficient (Wildman–Crippen LogP) is 2.64. The third kappa shape index (κ3) is 1.95. The highest BCUT2D eigenvalue weighted by Crippen LogP contribution is 2.24. The van der Waals surface area contributed by atoms with Crippen LogP contribution in [0.3, 0.4) is 0 Å². The van der Waals surface area contributed by atoms with Crippen molar-refractivity contribution in [1.82, 2.24) is 19.9 Å². The van der Waals surface area contributed by atoms with Crippen LogP contribution in [-0.4, -0.2) is 19.9 Å². The van der Waals surface area contributed by atoms with E-state index in [2.05, 4.69) is 25.3 Å². The molecule has 0 saturated heterocycles. The van der Waals surface area contributed by atoms with E-state index in [1.54, 1.807) is 17.7 Å². The van der Waals surface area contributed by atoms with Gasteiger partial charge in [-0.2, -0.15) is 0 Å². The van der Waals surface area contributed by atoms with Gasteiger partial charge in [-0.15, -0.1) is 11.3 Å². The molecule has 2 N–H and O–H groups in total. The topological polar surface area (TPSA) is 66.5 Å². The van der Waals surface area contributed by atoms with Crippen LogP contribution in [0.5, 0.6) is 0 Å². The maximum Gasteiger partial charge on any atom is 0.147 e. The van der Waals surface area contributed by atoms with E-state index in [0.717, 1.165) is 33.2 Å². The Hall–Kier alpha value is -1.95. The molecule has 92 valence electrons. The van der Waals surface area contributed by atoms with Gasteiger partial charge in [0.1, 0.15) is 18.0 Å². The number of hydrogen-bond acceptors (Lipinski definition) is 5. The maximum atomic E-state index is 4.43. The van der Waals surface area contributed by atoms with Crippen molar-refractivity contribution in [3.8, 4) is 0 Å². The molecule has 6 heteroatoms. The highest BCUT2D eigenvalue weighted by atomic mass is 32.1. The number of thiophene rings is 1. The van der Waals surface area contributed by atoms with E-state index in [-0.39, 0.29) is 0 Å². The van der Waals surface area contributed by atoms with Gasteiger partial charge >= 0.3 is 0 Å². The highest BCUT2D eigenvalue weighted by Gasteiger charge is 2.06. The average molecular weight is 259 g/mol. The fourth-order valence-corrected chi connectivity index (χ4v) is 2.60. The molecule has 18 heavy (non-hydrogen) atoms. The summed E-state index contributed by atoms with van der Waals surface area (Å²) in [5.74, 6) is 1.79. The van der Waals surface area contributed by atoms with Crippen LogP contribution in [0.25, 0.3) is 10.2 Å². The number of nitrogens with one attached hydrogen (secondary N) is 2. The summed E-state index contributed by atoms with van der Waals surface area (Å²) in [7, 11) is 0. The quantitative estimate of drug-likeness (QED) is 0.759. The fraction of sp³-hybridized carbons (Fsp3) is 0.250. The Bertz CT molecular complexity index is 665. The van der Waals surface area contributed by atoms with Crippen LogP contribution in [0.4, 0.5) is 5.82 Å². The minimum atomic E-state index is 0.638. The second kappa shape index (κ2) is 4.38. The van der Waals surface area contributed by atoms with Gasteiger partial charge in [-0.25, -0.2) is 15.0 Å². The van der Waals surface area contributed by atoms with Crippen molar-refractivity contribution in [2.75, 3.05) is 5.32 Å². The highest BCUT2D eigenvalue weighted by molar-refractivity contribution is 7.17. The molecule has 0 fully saturated rings. The first kappa shape index (κ1) is 11.2. The predicted molar refractivity (Wildman–Crippen MR) is 72.8 cm³/mol. The zero-order valence-electron chi connectivity index (χ0n) is 10.2. The van der Waals surface area contributed by atoms with Gasteiger partial charge in [0.05, 0.1) is 22.5 Å². The van der Waals surface area contributed by atoms with Gasteiger partial charge < -0.3 is 10.3 Å². The van der Waals surface area contributed by atoms with Crippen LogP contribution >= 0.6 is 11.3 Å². The molecule has 0 saturated carbocycles. The van der Waals surface area contributed by atoms with Gasteiger partial charge in [-0.3, -0.25) is 0 Å². The monoisotopic (exact) mass is 259 g/mol. The third-order valence-corrected chi connectivity index (χ3v) is 3.75. The molecule has 5 nitrogen and oxygen atoms in total. The molecule has 0 unspecified atom stereocenters. The second-order valence-electron chi connectivity index (χ2n) is 4.10. The number of aromatic amines is 1. The normalized spacial score (nSPS) is 11.0. The van der Waals surface area contributed by atoms with Crippen molar-refractivity contribution in [1.29, 1.82) is 0 Å². The van der Waals surface area contributed by atoms with Crippen molar-refractivity contribution in [3.63, 3.8) is 0 Å². The number of hydrogen-bond donors (Lipinski definition) is 2. The Morgan fingerprint density at radius 2 is 2.22 bits per heavy atom. The van der Waals surface area contributed by atoms with Gasteiger partial charge in [0.25, 0.3) is 0 Å². The molecular weight excluding hydrogens is 246 g/mol. The van der Waals surface area contributed by atoms with Crippen molar-refractivity contribution >= 4 is 27.4 Å². The molecule has 3 aromatic rings. The fourth-order valence-electron chi connectivity index (χ4n) is 1.79. The van der Waals surface area contributed by atoms with E-state index in [1.807, 2.05) is 25.3 Å². The average Bonchev–Trinajstić information content (AvgIpc) is 2.94. The molecule has 0 aliphatic rings. The first-order valence-corrected chi connectivity index (χ1v) is 6.56. The van der Waals surface area contributed by atoms with E-state index in [1.165, 1.54) is 0 Å². The third-order valence-electron chi connectivity index (χ3n) is 2.84. The molecule has 0 atom stereocenters. The molecule has 3 rings (SSSR count). The molecule has 0 aromatic carbocycles. The van der Waals surface area contributed by atoms with Gasteiger partial charge in [-0.05, 0) is 25.3 Å². The summed E-state index contributed by atoms with van der Waals surface area (Å²) in [6.07, 6.45) is 1.58. The number of rotatable bonds is 3. The standard InChI is InChI=1S/C12H13N5S/c1-7-8(2)17-10(16-7)5-13-12-11-9(3-4-18-11)14-6-15-12/h3-4,6H,5H2,1-2H3,(H,16,17)(H,13,14,15). The van der Waals surface area contributed by atoms with E-state index in [9.17, 15) is 0 Å². The van der Waals surface area contributed by atoms with Gasteiger partial charge in [0.2, 0.25) is 0 Å². The molecule has 3 heterocycles. The number of nitrogens with zero attached hydrogens (tertiary/aromatic N) is 3. The smallest absolute Gasteiger partial charge is 0.147 e. The number of anilines is 1. The van der Waals surface area contributed by atoms with Crippen molar-refractivity contribution < 1.29 is 0 Å². The molecule has 0 bridgehead atoms. The molecule has 3 aromatic heterocycles. The lowest BCUT2D eigenvalue weighted by Crippen LogP contribution is -2.03. The minimum absolute atomic E-state index is 0.638. The molecule has 0 amide bonds. The zero-order chi connectivity index (χ0) is 12.5. The Labute approximate surface area is 108 Å². The lowest BCUT2D eigenvalue weighted by Gasteiger charge is -2.03. The lowest BCUT2D eigenvalue weighted by molar-refractivity contribution is 0.978.